The zero-order chi connectivity index (χ0) is 19.5. The minimum Gasteiger partial charge on any atom is -0.353 e. The van der Waals surface area contributed by atoms with E-state index in [9.17, 15) is 9.59 Å². The number of H-pyrrole nitrogens is 1. The molecule has 6 heteroatoms. The molecule has 1 saturated carbocycles. The van der Waals surface area contributed by atoms with Crippen LogP contribution in [0.3, 0.4) is 0 Å². The highest BCUT2D eigenvalue weighted by atomic mass is 16.2. The van der Waals surface area contributed by atoms with E-state index in [1.165, 1.54) is 0 Å². The maximum absolute atomic E-state index is 12.7. The first-order valence-electron chi connectivity index (χ1n) is 9.96. The van der Waals surface area contributed by atoms with Crippen LogP contribution in [0.15, 0.2) is 48.2 Å². The van der Waals surface area contributed by atoms with E-state index in [1.807, 2.05) is 31.2 Å². The van der Waals surface area contributed by atoms with Crippen molar-refractivity contribution in [2.75, 3.05) is 0 Å². The number of nitrogens with zero attached hydrogens (tertiary/aromatic N) is 1. The number of benzene rings is 1. The van der Waals surface area contributed by atoms with Crippen LogP contribution in [0.4, 0.5) is 0 Å². The van der Waals surface area contributed by atoms with E-state index in [0.29, 0.717) is 6.54 Å². The normalized spacial score (nSPS) is 24.0. The highest BCUT2D eigenvalue weighted by Crippen LogP contribution is 2.46. The SMILES string of the molecule is CC1=C(c2ccccc2)C1C(=O)NC1CCC(C(=O)NCc2ccn[nH]2)CC1. The summed E-state index contributed by atoms with van der Waals surface area (Å²) in [5.41, 5.74) is 4.36. The second kappa shape index (κ2) is 8.00. The molecule has 28 heavy (non-hydrogen) atoms. The van der Waals surface area contributed by atoms with Crippen molar-refractivity contribution >= 4 is 17.4 Å². The van der Waals surface area contributed by atoms with Gasteiger partial charge >= 0.3 is 0 Å². The van der Waals surface area contributed by atoms with Gasteiger partial charge in [0.05, 0.1) is 18.2 Å². The van der Waals surface area contributed by atoms with Crippen LogP contribution in [-0.2, 0) is 16.1 Å². The summed E-state index contributed by atoms with van der Waals surface area (Å²) in [5, 5.41) is 12.9. The smallest absolute Gasteiger partial charge is 0.231 e. The van der Waals surface area contributed by atoms with Crippen molar-refractivity contribution in [2.24, 2.45) is 11.8 Å². The third-order valence-corrected chi connectivity index (χ3v) is 5.87. The molecular formula is C22H26N4O2. The van der Waals surface area contributed by atoms with Gasteiger partial charge < -0.3 is 10.6 Å². The number of carbonyl (C=O) groups excluding carboxylic acids is 2. The molecule has 0 saturated heterocycles. The zero-order valence-electron chi connectivity index (χ0n) is 16.1. The van der Waals surface area contributed by atoms with Crippen LogP contribution in [0.1, 0.15) is 43.9 Å². The topological polar surface area (TPSA) is 86.9 Å². The minimum atomic E-state index is -0.0853. The minimum absolute atomic E-state index is 0.0248. The van der Waals surface area contributed by atoms with Crippen molar-refractivity contribution in [3.63, 3.8) is 0 Å². The average molecular weight is 378 g/mol. The van der Waals surface area contributed by atoms with Crippen molar-refractivity contribution in [3.8, 4) is 0 Å². The molecule has 0 radical (unpaired) electrons. The molecule has 0 spiro atoms. The van der Waals surface area contributed by atoms with Crippen molar-refractivity contribution in [3.05, 3.63) is 59.4 Å². The van der Waals surface area contributed by atoms with Gasteiger partial charge in [-0.05, 0) is 49.8 Å². The lowest BCUT2D eigenvalue weighted by atomic mass is 9.85. The van der Waals surface area contributed by atoms with E-state index in [1.54, 1.807) is 6.20 Å². The van der Waals surface area contributed by atoms with Crippen LogP contribution < -0.4 is 10.6 Å². The molecule has 0 bridgehead atoms. The molecule has 1 unspecified atom stereocenters. The fourth-order valence-electron chi connectivity index (χ4n) is 4.16. The molecule has 2 amide bonds. The summed E-state index contributed by atoms with van der Waals surface area (Å²) in [7, 11) is 0. The van der Waals surface area contributed by atoms with E-state index in [2.05, 4.69) is 33.0 Å². The van der Waals surface area contributed by atoms with Crippen molar-refractivity contribution in [1.82, 2.24) is 20.8 Å². The van der Waals surface area contributed by atoms with Gasteiger partial charge in [0.15, 0.2) is 0 Å². The number of amides is 2. The van der Waals surface area contributed by atoms with Crippen molar-refractivity contribution in [1.29, 1.82) is 0 Å². The summed E-state index contributed by atoms with van der Waals surface area (Å²) < 4.78 is 0. The molecule has 4 rings (SSSR count). The Labute approximate surface area is 164 Å². The number of rotatable bonds is 6. The maximum atomic E-state index is 12.7. The fraction of sp³-hybridized carbons (Fsp3) is 0.409. The summed E-state index contributed by atoms with van der Waals surface area (Å²) in [4.78, 5) is 25.0. The zero-order valence-corrected chi connectivity index (χ0v) is 16.1. The molecule has 1 aromatic heterocycles. The molecule has 1 aromatic carbocycles. The number of nitrogens with one attached hydrogen (secondary N) is 3. The largest absolute Gasteiger partial charge is 0.353 e. The molecule has 2 aliphatic rings. The van der Waals surface area contributed by atoms with E-state index >= 15 is 0 Å². The molecule has 2 aliphatic carbocycles. The third kappa shape index (κ3) is 4.01. The number of aromatic amines is 1. The standard InChI is InChI=1S/C22H26N4O2/c1-14-19(15-5-3-2-4-6-15)20(14)22(28)25-17-9-7-16(8-10-17)21(27)23-13-18-11-12-24-26-18/h2-6,11-12,16-17,20H,7-10,13H2,1H3,(H,23,27)(H,24,26)(H,25,28). The molecule has 6 nitrogen and oxygen atoms in total. The Morgan fingerprint density at radius 2 is 1.82 bits per heavy atom. The summed E-state index contributed by atoms with van der Waals surface area (Å²) in [6.45, 7) is 2.51. The molecule has 3 N–H and O–H groups in total. The lowest BCUT2D eigenvalue weighted by Gasteiger charge is -2.28. The quantitative estimate of drug-likeness (QED) is 0.722. The second-order valence-electron chi connectivity index (χ2n) is 7.75. The number of carbonyl (C=O) groups is 2. The van der Waals surface area contributed by atoms with Crippen LogP contribution in [0.2, 0.25) is 0 Å². The highest BCUT2D eigenvalue weighted by molar-refractivity contribution is 6.05. The van der Waals surface area contributed by atoms with Gasteiger partial charge in [-0.1, -0.05) is 35.9 Å². The molecule has 146 valence electrons. The van der Waals surface area contributed by atoms with Gasteiger partial charge in [-0.3, -0.25) is 14.7 Å². The predicted molar refractivity (Wildman–Crippen MR) is 107 cm³/mol. The van der Waals surface area contributed by atoms with E-state index in [4.69, 9.17) is 0 Å². The summed E-state index contributed by atoms with van der Waals surface area (Å²) >= 11 is 0. The lowest BCUT2D eigenvalue weighted by Crippen LogP contribution is -2.41. The molecule has 0 aliphatic heterocycles. The first kappa shape index (κ1) is 18.5. The van der Waals surface area contributed by atoms with Gasteiger partial charge in [0, 0.05) is 18.2 Å². The van der Waals surface area contributed by atoms with Crippen molar-refractivity contribution < 1.29 is 9.59 Å². The summed E-state index contributed by atoms with van der Waals surface area (Å²) in [6.07, 6.45) is 4.99. The first-order valence-corrected chi connectivity index (χ1v) is 9.96. The summed E-state index contributed by atoms with van der Waals surface area (Å²) in [6, 6.07) is 12.1. The Balaban J connectivity index is 1.21. The number of hydrogen-bond donors (Lipinski definition) is 3. The Morgan fingerprint density at radius 1 is 1.07 bits per heavy atom. The van der Waals surface area contributed by atoms with E-state index in [0.717, 1.165) is 48.1 Å². The van der Waals surface area contributed by atoms with Crippen LogP contribution in [0, 0.1) is 11.8 Å². The molecule has 1 atom stereocenters. The van der Waals surface area contributed by atoms with E-state index in [-0.39, 0.29) is 29.7 Å². The Morgan fingerprint density at radius 3 is 2.50 bits per heavy atom. The second-order valence-corrected chi connectivity index (χ2v) is 7.75. The van der Waals surface area contributed by atoms with Crippen molar-refractivity contribution in [2.45, 2.75) is 45.2 Å². The van der Waals surface area contributed by atoms with Gasteiger partial charge in [0.25, 0.3) is 0 Å². The summed E-state index contributed by atoms with van der Waals surface area (Å²) in [5.74, 6) is 0.128. The monoisotopic (exact) mass is 378 g/mol. The highest BCUT2D eigenvalue weighted by Gasteiger charge is 2.40. The fourth-order valence-corrected chi connectivity index (χ4v) is 4.16. The van der Waals surface area contributed by atoms with Gasteiger partial charge in [-0.15, -0.1) is 0 Å². The Kier molecular flexibility index (Phi) is 5.28. The third-order valence-electron chi connectivity index (χ3n) is 5.87. The first-order chi connectivity index (χ1) is 13.6. The van der Waals surface area contributed by atoms with Gasteiger partial charge in [0.2, 0.25) is 11.8 Å². The van der Waals surface area contributed by atoms with Gasteiger partial charge in [-0.2, -0.15) is 5.10 Å². The molecule has 2 aromatic rings. The maximum Gasteiger partial charge on any atom is 0.231 e. The number of aromatic nitrogens is 2. The average Bonchev–Trinajstić information content (AvgIpc) is 3.13. The Hall–Kier alpha value is -2.89. The van der Waals surface area contributed by atoms with Crippen LogP contribution in [0.25, 0.3) is 5.57 Å². The molecule has 1 fully saturated rings. The molecule has 1 heterocycles. The lowest BCUT2D eigenvalue weighted by molar-refractivity contribution is -0.126. The molecular weight excluding hydrogens is 352 g/mol. The van der Waals surface area contributed by atoms with Gasteiger partial charge in [0.1, 0.15) is 0 Å². The van der Waals surface area contributed by atoms with Crippen LogP contribution >= 0.6 is 0 Å². The number of hydrogen-bond acceptors (Lipinski definition) is 3. The van der Waals surface area contributed by atoms with Crippen LogP contribution in [-0.4, -0.2) is 28.1 Å². The Bertz CT molecular complexity index is 865. The predicted octanol–water partition coefficient (Wildman–Crippen LogP) is 2.80. The van der Waals surface area contributed by atoms with Crippen LogP contribution in [0.5, 0.6) is 0 Å². The van der Waals surface area contributed by atoms with E-state index < -0.39 is 0 Å². The van der Waals surface area contributed by atoms with Gasteiger partial charge in [-0.25, -0.2) is 0 Å².